The number of nitrogens with one attached hydrogen (secondary N) is 2. The van der Waals surface area contributed by atoms with Crippen molar-refractivity contribution in [3.63, 3.8) is 0 Å². The van der Waals surface area contributed by atoms with Crippen LogP contribution in [0.1, 0.15) is 61.4 Å². The van der Waals surface area contributed by atoms with Gasteiger partial charge in [-0.3, -0.25) is 14.6 Å². The molecule has 0 saturated carbocycles. The van der Waals surface area contributed by atoms with Crippen molar-refractivity contribution in [1.82, 2.24) is 4.98 Å². The lowest BCUT2D eigenvalue weighted by molar-refractivity contribution is 0.0998. The first-order valence-electron chi connectivity index (χ1n) is 15.0. The third-order valence-corrected chi connectivity index (χ3v) is 7.59. The summed E-state index contributed by atoms with van der Waals surface area (Å²) in [6.07, 6.45) is 3.34. The maximum absolute atomic E-state index is 13.3. The van der Waals surface area contributed by atoms with E-state index in [0.29, 0.717) is 36.3 Å². The second-order valence-electron chi connectivity index (χ2n) is 11.1. The Morgan fingerprint density at radius 2 is 1.78 bits per heavy atom. The third-order valence-electron chi connectivity index (χ3n) is 7.59. The molecule has 8 heteroatoms. The Kier molecular flexibility index (Phi) is 9.96. The van der Waals surface area contributed by atoms with Gasteiger partial charge >= 0.3 is 0 Å². The number of hydrogen-bond acceptors (Lipinski definition) is 6. The van der Waals surface area contributed by atoms with Gasteiger partial charge in [0.1, 0.15) is 5.75 Å². The normalized spacial score (nSPS) is 10.6. The van der Waals surface area contributed by atoms with Gasteiger partial charge in [-0.2, -0.15) is 0 Å². The van der Waals surface area contributed by atoms with Crippen molar-refractivity contribution in [2.75, 3.05) is 24.4 Å². The van der Waals surface area contributed by atoms with Crippen LogP contribution in [-0.4, -0.2) is 35.6 Å². The zero-order chi connectivity index (χ0) is 32.6. The van der Waals surface area contributed by atoms with E-state index in [-0.39, 0.29) is 18.1 Å². The highest BCUT2D eigenvalue weighted by molar-refractivity contribution is 6.08. The van der Waals surface area contributed by atoms with E-state index in [1.54, 1.807) is 13.2 Å². The largest absolute Gasteiger partial charge is 0.497 e. The van der Waals surface area contributed by atoms with Crippen molar-refractivity contribution in [3.05, 3.63) is 124 Å². The summed E-state index contributed by atoms with van der Waals surface area (Å²) in [5.41, 5.74) is 14.0. The van der Waals surface area contributed by atoms with Gasteiger partial charge in [0.25, 0.3) is 11.8 Å². The minimum absolute atomic E-state index is 0.126. The molecular formula is C38H36N4O4. The second-order valence-corrected chi connectivity index (χ2v) is 11.1. The molecule has 1 heterocycles. The van der Waals surface area contributed by atoms with Gasteiger partial charge < -0.3 is 26.2 Å². The summed E-state index contributed by atoms with van der Waals surface area (Å²) in [5.74, 6) is 6.03. The topological polar surface area (TPSA) is 127 Å². The number of methoxy groups -OCH3 is 1. The molecule has 2 amide bonds. The number of primary amides is 1. The lowest BCUT2D eigenvalue weighted by atomic mass is 9.97. The van der Waals surface area contributed by atoms with Gasteiger partial charge in [0, 0.05) is 53.2 Å². The zero-order valence-corrected chi connectivity index (χ0v) is 26.1. The van der Waals surface area contributed by atoms with Gasteiger partial charge in [0.2, 0.25) is 0 Å². The van der Waals surface area contributed by atoms with Crippen LogP contribution in [0.25, 0.3) is 10.9 Å². The number of anilines is 3. The molecule has 0 saturated heterocycles. The molecule has 0 atom stereocenters. The number of ether oxygens (including phenoxy) is 1. The Hall–Kier alpha value is -5.65. The van der Waals surface area contributed by atoms with E-state index in [9.17, 15) is 9.59 Å². The fourth-order valence-electron chi connectivity index (χ4n) is 5.29. The molecule has 0 aliphatic rings. The summed E-state index contributed by atoms with van der Waals surface area (Å²) in [5, 5.41) is 16.1. The number of amides is 2. The Bertz CT molecular complexity index is 1990. The maximum atomic E-state index is 13.3. The molecule has 1 aromatic heterocycles. The van der Waals surface area contributed by atoms with Crippen LogP contribution in [0.3, 0.4) is 0 Å². The summed E-state index contributed by atoms with van der Waals surface area (Å²) in [4.78, 5) is 30.3. The van der Waals surface area contributed by atoms with Crippen molar-refractivity contribution in [2.45, 2.75) is 33.1 Å². The average molecular weight is 613 g/mol. The summed E-state index contributed by atoms with van der Waals surface area (Å²) in [6, 6.07) is 24.7. The molecule has 0 radical (unpaired) electrons. The van der Waals surface area contributed by atoms with Crippen LogP contribution >= 0.6 is 0 Å². The number of aromatic nitrogens is 1. The van der Waals surface area contributed by atoms with Gasteiger partial charge in [-0.15, -0.1) is 0 Å². The van der Waals surface area contributed by atoms with Crippen molar-refractivity contribution in [1.29, 1.82) is 0 Å². The first kappa shape index (κ1) is 31.8. The van der Waals surface area contributed by atoms with Crippen molar-refractivity contribution < 1.29 is 19.4 Å². The fourth-order valence-corrected chi connectivity index (χ4v) is 5.29. The number of fused-ring (bicyclic) bond motifs is 1. The van der Waals surface area contributed by atoms with E-state index in [1.165, 1.54) is 6.20 Å². The lowest BCUT2D eigenvalue weighted by Gasteiger charge is -2.16. The highest BCUT2D eigenvalue weighted by Gasteiger charge is 2.17. The molecule has 0 spiro atoms. The highest BCUT2D eigenvalue weighted by Crippen LogP contribution is 2.33. The Morgan fingerprint density at radius 3 is 2.54 bits per heavy atom. The number of aliphatic hydroxyl groups excluding tert-OH is 1. The monoisotopic (exact) mass is 612 g/mol. The van der Waals surface area contributed by atoms with Crippen molar-refractivity contribution in [2.24, 2.45) is 5.73 Å². The van der Waals surface area contributed by atoms with Crippen LogP contribution in [0.5, 0.6) is 5.75 Å². The summed E-state index contributed by atoms with van der Waals surface area (Å²) in [6.45, 7) is 4.04. The number of nitrogens with zero attached hydrogens (tertiary/aromatic N) is 1. The number of hydrogen-bond donors (Lipinski definition) is 4. The minimum atomic E-state index is -0.586. The number of benzene rings is 4. The summed E-state index contributed by atoms with van der Waals surface area (Å²) >= 11 is 0. The number of carbonyl (C=O) groups is 2. The van der Waals surface area contributed by atoms with Crippen molar-refractivity contribution in [3.8, 4) is 17.6 Å². The highest BCUT2D eigenvalue weighted by atomic mass is 16.5. The van der Waals surface area contributed by atoms with Crippen molar-refractivity contribution >= 4 is 39.8 Å². The van der Waals surface area contributed by atoms with Gasteiger partial charge in [-0.05, 0) is 97.5 Å². The van der Waals surface area contributed by atoms with Gasteiger partial charge in [0.15, 0.2) is 0 Å². The maximum Gasteiger partial charge on any atom is 0.255 e. The molecule has 0 fully saturated rings. The number of unbranched alkanes of at least 4 members (excludes halogenated alkanes) is 1. The molecule has 0 aliphatic heterocycles. The Balaban J connectivity index is 1.40. The number of rotatable bonds is 10. The minimum Gasteiger partial charge on any atom is -0.497 e. The molecule has 4 aromatic carbocycles. The molecule has 5 aromatic rings. The number of nitrogens with two attached hydrogens (primary N) is 1. The van der Waals surface area contributed by atoms with Crippen LogP contribution < -0.4 is 21.1 Å². The Morgan fingerprint density at radius 1 is 0.957 bits per heavy atom. The zero-order valence-electron chi connectivity index (χ0n) is 26.1. The first-order valence-corrected chi connectivity index (χ1v) is 15.0. The van der Waals surface area contributed by atoms with Crippen LogP contribution in [0.15, 0.2) is 85.1 Å². The van der Waals surface area contributed by atoms with Crippen LogP contribution in [0, 0.1) is 25.7 Å². The van der Waals surface area contributed by atoms with Gasteiger partial charge in [0.05, 0.1) is 23.9 Å². The molecular weight excluding hydrogens is 576 g/mol. The smallest absolute Gasteiger partial charge is 0.255 e. The first-order chi connectivity index (χ1) is 22.2. The lowest BCUT2D eigenvalue weighted by Crippen LogP contribution is -2.14. The van der Waals surface area contributed by atoms with Crippen LogP contribution in [0.4, 0.5) is 17.1 Å². The number of carbonyl (C=O) groups excluding carboxylic acids is 2. The number of pyridine rings is 1. The fraction of sp³-hybridized carbons (Fsp3) is 0.184. The SMILES string of the molecule is COc1cccc(Nc2c(C(N)=O)cnc3c(C)cc(Cc4cccc(C(=O)Nc5ccc(C#CCCCO)cc5C)c4)cc23)c1. The van der Waals surface area contributed by atoms with Gasteiger partial charge in [-0.1, -0.05) is 36.1 Å². The van der Waals surface area contributed by atoms with E-state index in [1.807, 2.05) is 80.6 Å². The van der Waals surface area contributed by atoms with E-state index in [2.05, 4.69) is 33.5 Å². The molecule has 0 unspecified atom stereocenters. The molecule has 5 N–H and O–H groups in total. The average Bonchev–Trinajstić information content (AvgIpc) is 3.04. The van der Waals surface area contributed by atoms with Crippen LogP contribution in [-0.2, 0) is 6.42 Å². The van der Waals surface area contributed by atoms with Gasteiger partial charge in [-0.25, -0.2) is 0 Å². The molecule has 46 heavy (non-hydrogen) atoms. The summed E-state index contributed by atoms with van der Waals surface area (Å²) < 4.78 is 5.37. The molecule has 232 valence electrons. The predicted molar refractivity (Wildman–Crippen MR) is 183 cm³/mol. The van der Waals surface area contributed by atoms with E-state index in [0.717, 1.165) is 50.1 Å². The standard InChI is InChI=1S/C38H36N4O4/c1-24-17-26(9-5-4-6-16-43)14-15-34(24)42-38(45)29-11-7-10-27(20-29)19-28-18-25(2)35-32(21-28)36(33(23-40-35)37(39)44)41-30-12-8-13-31(22-30)46-3/h7-8,10-15,17-18,20-23,43H,4,6,16,19H2,1-3H3,(H2,39,44)(H,40,41)(H,42,45). The molecule has 0 aliphatic carbocycles. The molecule has 5 rings (SSSR count). The second kappa shape index (κ2) is 14.4. The molecule has 8 nitrogen and oxygen atoms in total. The van der Waals surface area contributed by atoms with E-state index < -0.39 is 5.91 Å². The number of aliphatic hydroxyl groups is 1. The van der Waals surface area contributed by atoms with Crippen LogP contribution in [0.2, 0.25) is 0 Å². The predicted octanol–water partition coefficient (Wildman–Crippen LogP) is 6.67. The summed E-state index contributed by atoms with van der Waals surface area (Å²) in [7, 11) is 1.60. The third kappa shape index (κ3) is 7.52. The quantitative estimate of drug-likeness (QED) is 0.103. The van der Waals surface area contributed by atoms with E-state index in [4.69, 9.17) is 15.6 Å². The molecule has 0 bridgehead atoms. The Labute approximate surface area is 268 Å². The van der Waals surface area contributed by atoms with E-state index >= 15 is 0 Å². The number of aryl methyl sites for hydroxylation is 2.